The first-order chi connectivity index (χ1) is 43.8. The monoisotopic (exact) mass is 1520 g/mol. The van der Waals surface area contributed by atoms with Gasteiger partial charge in [0.1, 0.15) is 25.8 Å². The summed E-state index contributed by atoms with van der Waals surface area (Å²) in [5.41, 5.74) is 5.29. The van der Waals surface area contributed by atoms with Crippen molar-refractivity contribution in [3.63, 3.8) is 0 Å². The summed E-state index contributed by atoms with van der Waals surface area (Å²) >= 11 is 49.4. The number of hydrogen-bond donors (Lipinski definition) is 8. The van der Waals surface area contributed by atoms with Crippen molar-refractivity contribution in [1.82, 2.24) is 79.0 Å². The van der Waals surface area contributed by atoms with Crippen LogP contribution in [-0.4, -0.2) is 97.9 Å². The third-order valence-electron chi connectivity index (χ3n) is 13.1. The second-order valence-electron chi connectivity index (χ2n) is 19.6. The number of aromatic nitrogens is 16. The highest BCUT2D eigenvalue weighted by atomic mass is 127. The smallest absolute Gasteiger partial charge is 0.360 e. The van der Waals surface area contributed by atoms with Gasteiger partial charge in [-0.15, -0.1) is 0 Å². The number of esters is 1. The fourth-order valence-corrected chi connectivity index (χ4v) is 10.7. The molecule has 0 amide bonds. The van der Waals surface area contributed by atoms with Crippen molar-refractivity contribution in [3.8, 4) is 0 Å². The van der Waals surface area contributed by atoms with E-state index in [1.807, 2.05) is 18.2 Å². The molecule has 0 radical (unpaired) electrons. The minimum Gasteiger partial charge on any atom is -0.464 e. The molecule has 0 bridgehead atoms. The molecule has 0 aliphatic heterocycles. The summed E-state index contributed by atoms with van der Waals surface area (Å²) in [6.45, 7) is 3.03. The van der Waals surface area contributed by atoms with E-state index in [4.69, 9.17) is 92.8 Å². The molecule has 0 atom stereocenters. The highest BCUT2D eigenvalue weighted by Crippen LogP contribution is 2.27. The van der Waals surface area contributed by atoms with Crippen LogP contribution in [0.3, 0.4) is 0 Å². The average Bonchev–Trinajstić information content (AvgIpc) is 1.65. The van der Waals surface area contributed by atoms with Crippen LogP contribution in [0.15, 0.2) is 98.2 Å². The summed E-state index contributed by atoms with van der Waals surface area (Å²) in [5, 5.41) is 32.1. The average molecular weight is 1520 g/mol. The number of carbonyl (C=O) groups is 2. The lowest BCUT2D eigenvalue weighted by Crippen LogP contribution is -2.15. The predicted molar refractivity (Wildman–Crippen MR) is 366 cm³/mol. The number of rotatable bonds is 14. The lowest BCUT2D eigenvalue weighted by Gasteiger charge is -2.07. The third-order valence-corrected chi connectivity index (χ3v) is 16.8. The van der Waals surface area contributed by atoms with Crippen molar-refractivity contribution in [2.24, 2.45) is 28.2 Å². The zero-order valence-electron chi connectivity index (χ0n) is 48.5. The molecule has 12 aromatic rings. The number of Topliss-reactive ketones (excluding diaryl/α,β-unsaturated/α-hetero) is 1. The van der Waals surface area contributed by atoms with E-state index in [9.17, 15) is 28.8 Å². The fraction of sp³-hybridized carbons (Fsp3) is 0.179. The molecule has 0 saturated carbocycles. The Morgan fingerprint density at radius 2 is 0.783 bits per heavy atom. The van der Waals surface area contributed by atoms with E-state index in [-0.39, 0.29) is 67.8 Å². The lowest BCUT2D eigenvalue weighted by atomic mass is 10.2. The molecule has 92 heavy (non-hydrogen) atoms. The number of fused-ring (bicyclic) bond motifs is 4. The van der Waals surface area contributed by atoms with Gasteiger partial charge in [0.15, 0.2) is 39.2 Å². The van der Waals surface area contributed by atoms with Gasteiger partial charge in [-0.2, -0.15) is 20.4 Å². The van der Waals surface area contributed by atoms with Crippen LogP contribution in [0.2, 0.25) is 40.2 Å². The number of carbonyl (C=O) groups excluding carboxylic acids is 2. The van der Waals surface area contributed by atoms with Crippen molar-refractivity contribution in [3.05, 3.63) is 198 Å². The number of ether oxygens (including phenoxy) is 1. The van der Waals surface area contributed by atoms with E-state index in [2.05, 4.69) is 109 Å². The molecular weight excluding hydrogens is 1480 g/mol. The van der Waals surface area contributed by atoms with Crippen LogP contribution in [0.5, 0.6) is 0 Å². The summed E-state index contributed by atoms with van der Waals surface area (Å²) in [5.74, 6) is 0.283. The molecular formula is C56H47Cl8IN20O7. The maximum atomic E-state index is 12.3. The first-order valence-corrected chi connectivity index (χ1v) is 30.7. The molecule has 12 rings (SSSR count). The fourth-order valence-electron chi connectivity index (χ4n) is 8.73. The van der Waals surface area contributed by atoms with E-state index in [1.54, 1.807) is 89.0 Å². The van der Waals surface area contributed by atoms with Crippen LogP contribution in [0, 0.1) is 3.70 Å². The van der Waals surface area contributed by atoms with E-state index in [0.29, 0.717) is 104 Å². The SMILES string of the molecule is CC(=O)c1nn(C)c2c(=O)[nH]c(NCc3ccc(Cl)c(Cl)c3)nc12.COC(=O)c1nn(C)c2c(=O)[nH]c(NCc3ccc(Cl)c(Cl)c3)nc12.Cn1nc(I)c2nc(NCc3ccc(Cl)c(Cl)c3)[nH]c(=O)c21.Cn1ncc2nc(NCc3ccc(Cl)c(Cl)c3)[nH]c(=O)c21. The highest BCUT2D eigenvalue weighted by molar-refractivity contribution is 14.1. The molecule has 0 saturated heterocycles. The van der Waals surface area contributed by atoms with Gasteiger partial charge in [-0.3, -0.25) is 62.6 Å². The van der Waals surface area contributed by atoms with Crippen molar-refractivity contribution < 1.29 is 14.3 Å². The van der Waals surface area contributed by atoms with Gasteiger partial charge in [0.05, 0.1) is 53.5 Å². The Morgan fingerprint density at radius 1 is 0.457 bits per heavy atom. The Bertz CT molecular complexity index is 5080. The summed E-state index contributed by atoms with van der Waals surface area (Å²) in [6, 6.07) is 21.1. The van der Waals surface area contributed by atoms with Gasteiger partial charge in [-0.1, -0.05) is 117 Å². The second-order valence-corrected chi connectivity index (χ2v) is 23.8. The molecule has 0 fully saturated rings. The van der Waals surface area contributed by atoms with Gasteiger partial charge in [0.25, 0.3) is 22.2 Å². The number of nitrogens with one attached hydrogen (secondary N) is 8. The number of anilines is 4. The van der Waals surface area contributed by atoms with Crippen molar-refractivity contribution in [1.29, 1.82) is 0 Å². The first kappa shape index (κ1) is 68.0. The Hall–Kier alpha value is -8.33. The first-order valence-electron chi connectivity index (χ1n) is 26.6. The highest BCUT2D eigenvalue weighted by Gasteiger charge is 2.22. The number of H-pyrrole nitrogens is 4. The lowest BCUT2D eigenvalue weighted by molar-refractivity contribution is 0.0595. The minimum atomic E-state index is -0.667. The predicted octanol–water partition coefficient (Wildman–Crippen LogP) is 10.9. The Balaban J connectivity index is 0.000000145. The second kappa shape index (κ2) is 29.5. The van der Waals surface area contributed by atoms with Crippen LogP contribution in [0.25, 0.3) is 44.1 Å². The maximum absolute atomic E-state index is 12.3. The molecule has 36 heteroatoms. The number of methoxy groups -OCH3 is 1. The normalized spacial score (nSPS) is 11.0. The molecule has 8 N–H and O–H groups in total. The minimum absolute atomic E-state index is 0.0244. The van der Waals surface area contributed by atoms with Crippen LogP contribution in [0.4, 0.5) is 23.8 Å². The van der Waals surface area contributed by atoms with Crippen molar-refractivity contribution >= 4 is 195 Å². The largest absolute Gasteiger partial charge is 0.464 e. The Labute approximate surface area is 571 Å². The number of hydrogen-bond acceptors (Lipinski definition) is 19. The van der Waals surface area contributed by atoms with E-state index in [1.165, 1.54) is 32.8 Å². The van der Waals surface area contributed by atoms with Gasteiger partial charge in [-0.25, -0.2) is 24.7 Å². The van der Waals surface area contributed by atoms with Crippen LogP contribution in [0.1, 0.15) is 50.2 Å². The number of benzene rings is 4. The zero-order valence-corrected chi connectivity index (χ0v) is 56.7. The van der Waals surface area contributed by atoms with Gasteiger partial charge < -0.3 is 26.0 Å². The van der Waals surface area contributed by atoms with Crippen LogP contribution in [-0.2, 0) is 59.1 Å². The molecule has 0 spiro atoms. The number of halogens is 9. The number of ketones is 1. The molecule has 0 aliphatic carbocycles. The van der Waals surface area contributed by atoms with Crippen LogP contribution < -0.4 is 43.5 Å². The number of aromatic amines is 4. The molecule has 0 unspecified atom stereocenters. The summed E-state index contributed by atoms with van der Waals surface area (Å²) < 4.78 is 11.0. The molecule has 476 valence electrons. The van der Waals surface area contributed by atoms with Crippen LogP contribution >= 0.6 is 115 Å². The summed E-state index contributed by atoms with van der Waals surface area (Å²) in [7, 11) is 7.79. The third kappa shape index (κ3) is 15.9. The van der Waals surface area contributed by atoms with E-state index >= 15 is 0 Å². The standard InChI is InChI=1S/C15H13Cl2N5O3.C15H13Cl2N5O2.C13H10Cl2IN5O.C13H11Cl2N5O/c1-22-12-10(11(21-22)14(24)25-2)19-15(20-13(12)23)18-6-7-3-4-8(16)9(17)5-7;1-7(23)11-12-13(22(2)21-11)14(24)20-15(19-12)18-6-8-3-4-9(16)10(17)5-8;1-21-10-9(11(16)20-21)18-13(19-12(10)22)17-5-6-2-3-7(14)8(15)4-6;1-20-11-10(6-17-20)18-13(19-12(11)21)16-5-7-2-3-8(14)9(15)4-7/h3-5H,6H2,1-2H3,(H2,18,19,20,23);3-5H,6H2,1-2H3,(H2,18,19,20,24);2-4H,5H2,1H3,(H2,17,18,19,22);2-4,6H,5H2,1H3,(H2,16,18,19,21). The van der Waals surface area contributed by atoms with E-state index in [0.717, 1.165) is 22.3 Å². The summed E-state index contributed by atoms with van der Waals surface area (Å²) in [6.07, 6.45) is 1.55. The van der Waals surface area contributed by atoms with Gasteiger partial charge in [0, 0.05) is 61.3 Å². The Kier molecular flexibility index (Phi) is 21.8. The quantitative estimate of drug-likeness (QED) is 0.0285. The zero-order chi connectivity index (χ0) is 66.4. The molecule has 4 aromatic carbocycles. The summed E-state index contributed by atoms with van der Waals surface area (Å²) in [4.78, 5) is 99.9. The number of nitrogens with zero attached hydrogens (tertiary/aromatic N) is 12. The number of aryl methyl sites for hydroxylation is 4. The molecule has 27 nitrogen and oxygen atoms in total. The molecule has 8 aromatic heterocycles. The Morgan fingerprint density at radius 3 is 1.15 bits per heavy atom. The maximum Gasteiger partial charge on any atom is 0.360 e. The molecule has 8 heterocycles. The van der Waals surface area contributed by atoms with Gasteiger partial charge >= 0.3 is 5.97 Å². The van der Waals surface area contributed by atoms with Gasteiger partial charge in [-0.05, 0) is 93.4 Å². The van der Waals surface area contributed by atoms with E-state index < -0.39 is 11.5 Å². The van der Waals surface area contributed by atoms with Gasteiger partial charge in [0.2, 0.25) is 23.8 Å². The molecule has 0 aliphatic rings. The topological polar surface area (TPSA) is 346 Å². The van der Waals surface area contributed by atoms with Crippen molar-refractivity contribution in [2.75, 3.05) is 28.4 Å². The van der Waals surface area contributed by atoms with Crippen molar-refractivity contribution in [2.45, 2.75) is 33.1 Å².